The largest absolute Gasteiger partial charge is 0.465 e. The first-order chi connectivity index (χ1) is 7.13. The van der Waals surface area contributed by atoms with Gasteiger partial charge >= 0.3 is 5.97 Å². The number of rotatable bonds is 4. The number of carbonyl (C=O) groups is 1. The first kappa shape index (κ1) is 11.4. The van der Waals surface area contributed by atoms with Crippen LogP contribution >= 0.6 is 0 Å². The summed E-state index contributed by atoms with van der Waals surface area (Å²) < 4.78 is 4.83. The quantitative estimate of drug-likeness (QED) is 0.686. The minimum Gasteiger partial charge on any atom is -0.465 e. The molecular weight excluding hydrogens is 194 g/mol. The Morgan fingerprint density at radius 3 is 2.93 bits per heavy atom. The molecule has 0 aliphatic heterocycles. The molecule has 82 valence electrons. The molecule has 0 atom stereocenters. The molecule has 0 bridgehead atoms. The molecule has 0 aliphatic carbocycles. The first-order valence-corrected chi connectivity index (χ1v) is 4.80. The molecule has 0 N–H and O–H groups in total. The molecule has 1 rings (SSSR count). The van der Waals surface area contributed by atoms with Gasteiger partial charge in [0.05, 0.1) is 6.61 Å². The van der Waals surface area contributed by atoms with Crippen molar-refractivity contribution in [1.29, 1.82) is 0 Å². The summed E-state index contributed by atoms with van der Waals surface area (Å²) in [6.45, 7) is 4.21. The summed E-state index contributed by atoms with van der Waals surface area (Å²) in [5, 5.41) is 0. The lowest BCUT2D eigenvalue weighted by atomic mass is 10.4. The van der Waals surface area contributed by atoms with E-state index in [0.717, 1.165) is 5.69 Å². The zero-order valence-corrected chi connectivity index (χ0v) is 9.23. The summed E-state index contributed by atoms with van der Waals surface area (Å²) in [6, 6.07) is 1.81. The van der Waals surface area contributed by atoms with Crippen molar-refractivity contribution in [1.82, 2.24) is 9.97 Å². The van der Waals surface area contributed by atoms with E-state index in [2.05, 4.69) is 9.97 Å². The monoisotopic (exact) mass is 209 g/mol. The molecule has 0 aromatic carbocycles. The van der Waals surface area contributed by atoms with Crippen molar-refractivity contribution in [2.75, 3.05) is 25.1 Å². The average Bonchev–Trinajstić information content (AvgIpc) is 2.18. The SMILES string of the molecule is CCOC(=O)CN(C)c1nccc(C)n1. The number of nitrogens with zero attached hydrogens (tertiary/aromatic N) is 3. The Hall–Kier alpha value is -1.65. The number of likely N-dealkylation sites (N-methyl/N-ethyl adjacent to an activating group) is 1. The molecule has 0 saturated carbocycles. The molecule has 1 heterocycles. The molecule has 0 amide bonds. The molecule has 0 radical (unpaired) electrons. The van der Waals surface area contributed by atoms with Gasteiger partial charge in [-0.25, -0.2) is 9.97 Å². The minimum atomic E-state index is -0.273. The summed E-state index contributed by atoms with van der Waals surface area (Å²) in [7, 11) is 1.76. The van der Waals surface area contributed by atoms with E-state index in [4.69, 9.17) is 4.74 Å². The van der Waals surface area contributed by atoms with Gasteiger partial charge in [0.2, 0.25) is 5.95 Å². The second-order valence-electron chi connectivity index (χ2n) is 3.16. The third kappa shape index (κ3) is 3.53. The van der Waals surface area contributed by atoms with Crippen molar-refractivity contribution >= 4 is 11.9 Å². The maximum absolute atomic E-state index is 11.2. The Labute approximate surface area is 89.1 Å². The van der Waals surface area contributed by atoms with Crippen LogP contribution in [0.3, 0.4) is 0 Å². The summed E-state index contributed by atoms with van der Waals surface area (Å²) >= 11 is 0. The number of hydrogen-bond acceptors (Lipinski definition) is 5. The van der Waals surface area contributed by atoms with Gasteiger partial charge < -0.3 is 9.64 Å². The maximum atomic E-state index is 11.2. The van der Waals surface area contributed by atoms with E-state index in [1.54, 1.807) is 25.1 Å². The van der Waals surface area contributed by atoms with Crippen LogP contribution < -0.4 is 4.90 Å². The van der Waals surface area contributed by atoms with Crippen LogP contribution in [0.2, 0.25) is 0 Å². The summed E-state index contributed by atoms with van der Waals surface area (Å²) in [5.74, 6) is 0.258. The fourth-order valence-electron chi connectivity index (χ4n) is 1.09. The smallest absolute Gasteiger partial charge is 0.325 e. The normalized spacial score (nSPS) is 9.80. The van der Waals surface area contributed by atoms with Crippen LogP contribution in [-0.4, -0.2) is 36.1 Å². The summed E-state index contributed by atoms with van der Waals surface area (Å²) in [6.07, 6.45) is 1.67. The highest BCUT2D eigenvalue weighted by Gasteiger charge is 2.09. The fraction of sp³-hybridized carbons (Fsp3) is 0.500. The van der Waals surface area contributed by atoms with E-state index in [0.29, 0.717) is 12.6 Å². The minimum absolute atomic E-state index is 0.164. The predicted octanol–water partition coefficient (Wildman–Crippen LogP) is 0.784. The lowest BCUT2D eigenvalue weighted by molar-refractivity contribution is -0.141. The van der Waals surface area contributed by atoms with Crippen LogP contribution in [0.4, 0.5) is 5.95 Å². The van der Waals surface area contributed by atoms with Crippen LogP contribution in [0.25, 0.3) is 0 Å². The number of aryl methyl sites for hydroxylation is 1. The Balaban J connectivity index is 2.60. The van der Waals surface area contributed by atoms with E-state index in [1.807, 2.05) is 13.0 Å². The van der Waals surface area contributed by atoms with Gasteiger partial charge in [-0.05, 0) is 19.9 Å². The molecule has 15 heavy (non-hydrogen) atoms. The van der Waals surface area contributed by atoms with Crippen molar-refractivity contribution in [2.45, 2.75) is 13.8 Å². The van der Waals surface area contributed by atoms with Gasteiger partial charge in [-0.1, -0.05) is 0 Å². The zero-order chi connectivity index (χ0) is 11.3. The number of hydrogen-bond donors (Lipinski definition) is 0. The molecule has 0 unspecified atom stereocenters. The Kier molecular flexibility index (Phi) is 4.03. The second kappa shape index (κ2) is 5.29. The van der Waals surface area contributed by atoms with Gasteiger partial charge in [0.15, 0.2) is 0 Å². The summed E-state index contributed by atoms with van der Waals surface area (Å²) in [5.41, 5.74) is 0.871. The van der Waals surface area contributed by atoms with Crippen molar-refractivity contribution in [2.24, 2.45) is 0 Å². The molecule has 0 fully saturated rings. The maximum Gasteiger partial charge on any atom is 0.325 e. The van der Waals surface area contributed by atoms with Crippen molar-refractivity contribution < 1.29 is 9.53 Å². The molecule has 5 heteroatoms. The Bertz CT molecular complexity index is 341. The van der Waals surface area contributed by atoms with E-state index in [-0.39, 0.29) is 12.5 Å². The zero-order valence-electron chi connectivity index (χ0n) is 9.23. The van der Waals surface area contributed by atoms with Crippen molar-refractivity contribution in [3.05, 3.63) is 18.0 Å². The predicted molar refractivity (Wildman–Crippen MR) is 56.7 cm³/mol. The standard InChI is InChI=1S/C10H15N3O2/c1-4-15-9(14)7-13(3)10-11-6-5-8(2)12-10/h5-6H,4,7H2,1-3H3. The molecule has 5 nitrogen and oxygen atoms in total. The van der Waals surface area contributed by atoms with Gasteiger partial charge in [-0.15, -0.1) is 0 Å². The lowest BCUT2D eigenvalue weighted by Crippen LogP contribution is -2.28. The number of ether oxygens (including phenoxy) is 1. The van der Waals surface area contributed by atoms with E-state index in [1.165, 1.54) is 0 Å². The van der Waals surface area contributed by atoms with Gasteiger partial charge in [0.1, 0.15) is 6.54 Å². The number of anilines is 1. The van der Waals surface area contributed by atoms with Crippen molar-refractivity contribution in [3.8, 4) is 0 Å². The average molecular weight is 209 g/mol. The topological polar surface area (TPSA) is 55.3 Å². The van der Waals surface area contributed by atoms with E-state index in [9.17, 15) is 4.79 Å². The molecule has 1 aromatic rings. The van der Waals surface area contributed by atoms with Gasteiger partial charge in [0.25, 0.3) is 0 Å². The highest BCUT2D eigenvalue weighted by Crippen LogP contribution is 2.04. The number of carbonyl (C=O) groups excluding carboxylic acids is 1. The second-order valence-corrected chi connectivity index (χ2v) is 3.16. The highest BCUT2D eigenvalue weighted by atomic mass is 16.5. The van der Waals surface area contributed by atoms with Crippen LogP contribution in [0, 0.1) is 6.92 Å². The van der Waals surface area contributed by atoms with E-state index >= 15 is 0 Å². The molecule has 0 saturated heterocycles. The van der Waals surface area contributed by atoms with Crippen LogP contribution in [0.5, 0.6) is 0 Å². The van der Waals surface area contributed by atoms with Crippen LogP contribution in [0.1, 0.15) is 12.6 Å². The third-order valence-corrected chi connectivity index (χ3v) is 1.80. The lowest BCUT2D eigenvalue weighted by Gasteiger charge is -2.15. The third-order valence-electron chi connectivity index (χ3n) is 1.80. The van der Waals surface area contributed by atoms with Gasteiger partial charge in [-0.3, -0.25) is 4.79 Å². The molecular formula is C10H15N3O2. The van der Waals surface area contributed by atoms with Crippen molar-refractivity contribution in [3.63, 3.8) is 0 Å². The number of esters is 1. The fourth-order valence-corrected chi connectivity index (χ4v) is 1.09. The summed E-state index contributed by atoms with van der Waals surface area (Å²) in [4.78, 5) is 21.1. The van der Waals surface area contributed by atoms with Crippen LogP contribution in [-0.2, 0) is 9.53 Å². The highest BCUT2D eigenvalue weighted by molar-refractivity contribution is 5.74. The van der Waals surface area contributed by atoms with Crippen LogP contribution in [0.15, 0.2) is 12.3 Å². The Morgan fingerprint density at radius 1 is 1.60 bits per heavy atom. The molecule has 0 spiro atoms. The van der Waals surface area contributed by atoms with E-state index < -0.39 is 0 Å². The molecule has 1 aromatic heterocycles. The molecule has 0 aliphatic rings. The van der Waals surface area contributed by atoms with Gasteiger partial charge in [0, 0.05) is 18.9 Å². The Morgan fingerprint density at radius 2 is 2.33 bits per heavy atom. The van der Waals surface area contributed by atoms with Gasteiger partial charge in [-0.2, -0.15) is 0 Å². The number of aromatic nitrogens is 2. The first-order valence-electron chi connectivity index (χ1n) is 4.80.